The highest BCUT2D eigenvalue weighted by Crippen LogP contribution is 2.23. The average molecular weight is 314 g/mol. The maximum Gasteiger partial charge on any atom is 0.246 e. The normalized spacial score (nSPS) is 20.6. The number of rotatable bonds is 3. The Morgan fingerprint density at radius 1 is 1.50 bits per heavy atom. The molecule has 1 amide bonds. The molecule has 1 aromatic rings. The van der Waals surface area contributed by atoms with Gasteiger partial charge in [-0.3, -0.25) is 4.79 Å². The monoisotopic (exact) mass is 313 g/mol. The molecule has 2 atom stereocenters. The predicted molar refractivity (Wildman–Crippen MR) is 81.9 cm³/mol. The molecule has 2 unspecified atom stereocenters. The van der Waals surface area contributed by atoms with Crippen molar-refractivity contribution in [3.05, 3.63) is 39.9 Å². The van der Waals surface area contributed by atoms with Gasteiger partial charge in [-0.1, -0.05) is 29.3 Å². The number of carbonyl (C=O) groups excluding carboxylic acids is 1. The number of hydrogen-bond acceptors (Lipinski definition) is 2. The number of carbonyl (C=O) groups is 1. The van der Waals surface area contributed by atoms with Gasteiger partial charge in [0.2, 0.25) is 5.91 Å². The molecule has 1 saturated heterocycles. The third-order valence-corrected chi connectivity index (χ3v) is 4.15. The summed E-state index contributed by atoms with van der Waals surface area (Å²) in [7, 11) is 0. The van der Waals surface area contributed by atoms with Crippen molar-refractivity contribution in [2.75, 3.05) is 13.1 Å². The van der Waals surface area contributed by atoms with Gasteiger partial charge in [0.15, 0.2) is 0 Å². The molecule has 0 radical (unpaired) electrons. The molecule has 108 valence electrons. The minimum absolute atomic E-state index is 0.0563. The standard InChI is InChI=1S/C15H17Cl2NO2/c1-10(19)12-6-7-18(9-12)15(20)5-3-11-2-4-13(16)8-14(11)17/h2-5,8,10,12,19H,6-7,9H2,1H3/b5-3+. The summed E-state index contributed by atoms with van der Waals surface area (Å²) >= 11 is 11.9. The van der Waals surface area contributed by atoms with E-state index in [1.165, 1.54) is 6.08 Å². The van der Waals surface area contributed by atoms with Crippen molar-refractivity contribution in [2.45, 2.75) is 19.4 Å². The number of likely N-dealkylation sites (tertiary alicyclic amines) is 1. The third-order valence-electron chi connectivity index (χ3n) is 3.59. The predicted octanol–water partition coefficient (Wildman–Crippen LogP) is 3.24. The van der Waals surface area contributed by atoms with Gasteiger partial charge >= 0.3 is 0 Å². The van der Waals surface area contributed by atoms with Crippen LogP contribution in [0, 0.1) is 5.92 Å². The van der Waals surface area contributed by atoms with Gasteiger partial charge < -0.3 is 10.0 Å². The molecule has 5 heteroatoms. The second-order valence-corrected chi connectivity index (χ2v) is 5.92. The minimum Gasteiger partial charge on any atom is -0.393 e. The zero-order valence-corrected chi connectivity index (χ0v) is 12.7. The molecule has 1 aliphatic rings. The largest absolute Gasteiger partial charge is 0.393 e. The number of amides is 1. The Bertz CT molecular complexity index is 529. The molecule has 0 aromatic heterocycles. The Labute approximate surface area is 128 Å². The fourth-order valence-electron chi connectivity index (χ4n) is 2.28. The lowest BCUT2D eigenvalue weighted by molar-refractivity contribution is -0.125. The van der Waals surface area contributed by atoms with Crippen molar-refractivity contribution in [3.63, 3.8) is 0 Å². The smallest absolute Gasteiger partial charge is 0.246 e. The lowest BCUT2D eigenvalue weighted by Gasteiger charge is -2.15. The fraction of sp³-hybridized carbons (Fsp3) is 0.400. The third kappa shape index (κ3) is 3.75. The van der Waals surface area contributed by atoms with E-state index in [0.717, 1.165) is 12.0 Å². The maximum absolute atomic E-state index is 12.1. The Morgan fingerprint density at radius 2 is 2.25 bits per heavy atom. The van der Waals surface area contributed by atoms with Gasteiger partial charge in [0.05, 0.1) is 6.10 Å². The van der Waals surface area contributed by atoms with E-state index in [4.69, 9.17) is 23.2 Å². The van der Waals surface area contributed by atoms with Crippen molar-refractivity contribution in [1.29, 1.82) is 0 Å². The van der Waals surface area contributed by atoms with Crippen molar-refractivity contribution in [1.82, 2.24) is 4.90 Å². The van der Waals surface area contributed by atoms with Crippen molar-refractivity contribution >= 4 is 35.2 Å². The van der Waals surface area contributed by atoms with E-state index in [9.17, 15) is 9.90 Å². The summed E-state index contributed by atoms with van der Waals surface area (Å²) in [6.45, 7) is 3.06. The summed E-state index contributed by atoms with van der Waals surface area (Å²) in [4.78, 5) is 13.8. The van der Waals surface area contributed by atoms with E-state index in [2.05, 4.69) is 0 Å². The molecular weight excluding hydrogens is 297 g/mol. The quantitative estimate of drug-likeness (QED) is 0.870. The molecule has 0 bridgehead atoms. The highest BCUT2D eigenvalue weighted by molar-refractivity contribution is 6.35. The van der Waals surface area contributed by atoms with E-state index in [0.29, 0.717) is 23.1 Å². The summed E-state index contributed by atoms with van der Waals surface area (Å²) in [5.41, 5.74) is 0.760. The first-order chi connectivity index (χ1) is 9.47. The Kier molecular flexibility index (Phi) is 5.08. The van der Waals surface area contributed by atoms with E-state index in [1.54, 1.807) is 36.1 Å². The van der Waals surface area contributed by atoms with Crippen LogP contribution in [0.3, 0.4) is 0 Å². The molecule has 0 saturated carbocycles. The molecular formula is C15H17Cl2NO2. The first-order valence-corrected chi connectivity index (χ1v) is 7.33. The fourth-order valence-corrected chi connectivity index (χ4v) is 2.76. The number of aliphatic hydroxyl groups excluding tert-OH is 1. The molecule has 0 spiro atoms. The first kappa shape index (κ1) is 15.4. The van der Waals surface area contributed by atoms with Crippen LogP contribution in [0.2, 0.25) is 10.0 Å². The second kappa shape index (κ2) is 6.61. The van der Waals surface area contributed by atoms with Gasteiger partial charge in [0.25, 0.3) is 0 Å². The van der Waals surface area contributed by atoms with Crippen LogP contribution in [0.5, 0.6) is 0 Å². The van der Waals surface area contributed by atoms with E-state index >= 15 is 0 Å². The van der Waals surface area contributed by atoms with Crippen molar-refractivity contribution in [2.24, 2.45) is 5.92 Å². The topological polar surface area (TPSA) is 40.5 Å². The lowest BCUT2D eigenvalue weighted by Crippen LogP contribution is -2.28. The Hall–Kier alpha value is -1.03. The molecule has 2 rings (SSSR count). The number of hydrogen-bond donors (Lipinski definition) is 1. The highest BCUT2D eigenvalue weighted by Gasteiger charge is 2.27. The molecule has 1 heterocycles. The van der Waals surface area contributed by atoms with Gasteiger partial charge in [-0.05, 0) is 37.1 Å². The van der Waals surface area contributed by atoms with Crippen LogP contribution in [0.1, 0.15) is 18.9 Å². The molecule has 20 heavy (non-hydrogen) atoms. The molecule has 3 nitrogen and oxygen atoms in total. The summed E-state index contributed by atoms with van der Waals surface area (Å²) in [5, 5.41) is 10.6. The Balaban J connectivity index is 1.99. The van der Waals surface area contributed by atoms with Crippen LogP contribution in [-0.2, 0) is 4.79 Å². The number of halogens is 2. The van der Waals surface area contributed by atoms with Crippen LogP contribution in [0.15, 0.2) is 24.3 Å². The van der Waals surface area contributed by atoms with Gasteiger partial charge in [0, 0.05) is 35.1 Å². The average Bonchev–Trinajstić information content (AvgIpc) is 2.87. The molecule has 1 aliphatic heterocycles. The van der Waals surface area contributed by atoms with Crippen LogP contribution in [-0.4, -0.2) is 35.1 Å². The summed E-state index contributed by atoms with van der Waals surface area (Å²) < 4.78 is 0. The van der Waals surface area contributed by atoms with Crippen molar-refractivity contribution < 1.29 is 9.90 Å². The van der Waals surface area contributed by atoms with E-state index in [-0.39, 0.29) is 17.9 Å². The molecule has 1 aromatic carbocycles. The van der Waals surface area contributed by atoms with Gasteiger partial charge in [0.1, 0.15) is 0 Å². The lowest BCUT2D eigenvalue weighted by atomic mass is 10.0. The zero-order chi connectivity index (χ0) is 14.7. The molecule has 0 aliphatic carbocycles. The van der Waals surface area contributed by atoms with Crippen molar-refractivity contribution in [3.8, 4) is 0 Å². The maximum atomic E-state index is 12.1. The highest BCUT2D eigenvalue weighted by atomic mass is 35.5. The van der Waals surface area contributed by atoms with E-state index in [1.807, 2.05) is 0 Å². The van der Waals surface area contributed by atoms with E-state index < -0.39 is 0 Å². The number of benzene rings is 1. The molecule has 1 N–H and O–H groups in total. The number of nitrogens with zero attached hydrogens (tertiary/aromatic N) is 1. The first-order valence-electron chi connectivity index (χ1n) is 6.57. The van der Waals surface area contributed by atoms with Gasteiger partial charge in [-0.2, -0.15) is 0 Å². The van der Waals surface area contributed by atoms with Crippen LogP contribution >= 0.6 is 23.2 Å². The SMILES string of the molecule is CC(O)C1CCN(C(=O)/C=C/c2ccc(Cl)cc2Cl)C1. The second-order valence-electron chi connectivity index (χ2n) is 5.07. The number of aliphatic hydroxyl groups is 1. The Morgan fingerprint density at radius 3 is 2.85 bits per heavy atom. The van der Waals surface area contributed by atoms with Gasteiger partial charge in [-0.25, -0.2) is 0 Å². The van der Waals surface area contributed by atoms with Crippen LogP contribution < -0.4 is 0 Å². The summed E-state index contributed by atoms with van der Waals surface area (Å²) in [6, 6.07) is 5.15. The van der Waals surface area contributed by atoms with Crippen LogP contribution in [0.25, 0.3) is 6.08 Å². The van der Waals surface area contributed by atoms with Gasteiger partial charge in [-0.15, -0.1) is 0 Å². The van der Waals surface area contributed by atoms with Crippen LogP contribution in [0.4, 0.5) is 0 Å². The molecule has 1 fully saturated rings. The summed E-state index contributed by atoms with van der Waals surface area (Å²) in [6.07, 6.45) is 3.68. The zero-order valence-electron chi connectivity index (χ0n) is 11.2. The minimum atomic E-state index is -0.373. The summed E-state index contributed by atoms with van der Waals surface area (Å²) in [5.74, 6) is 0.116.